The molecule has 0 unspecified atom stereocenters. The molecular weight excluding hydrogens is 508 g/mol. The van der Waals surface area contributed by atoms with Crippen LogP contribution in [0.3, 0.4) is 0 Å². The van der Waals surface area contributed by atoms with E-state index in [1.807, 2.05) is 50.2 Å². The zero-order valence-corrected chi connectivity index (χ0v) is 22.8. The van der Waals surface area contributed by atoms with Gasteiger partial charge in [0, 0.05) is 25.4 Å². The van der Waals surface area contributed by atoms with Gasteiger partial charge in [-0.25, -0.2) is 17.7 Å². The normalized spacial score (nSPS) is 11.7. The van der Waals surface area contributed by atoms with E-state index in [-0.39, 0.29) is 17.3 Å². The van der Waals surface area contributed by atoms with Gasteiger partial charge in [0.25, 0.3) is 5.91 Å². The number of sulfonamides is 1. The molecule has 0 aliphatic heterocycles. The fourth-order valence-electron chi connectivity index (χ4n) is 3.79. The number of hydrogen-bond acceptors (Lipinski definition) is 7. The second-order valence-electron chi connectivity index (χ2n) is 8.45. The van der Waals surface area contributed by atoms with Crippen molar-refractivity contribution in [2.24, 2.45) is 0 Å². The highest BCUT2D eigenvalue weighted by atomic mass is 32.2. The third-order valence-electron chi connectivity index (χ3n) is 5.83. The van der Waals surface area contributed by atoms with Crippen molar-refractivity contribution >= 4 is 42.6 Å². The summed E-state index contributed by atoms with van der Waals surface area (Å²) >= 11 is 1.39. The van der Waals surface area contributed by atoms with Gasteiger partial charge in [-0.1, -0.05) is 36.8 Å². The maximum Gasteiger partial charge on any atom is 0.260 e. The molecule has 4 aromatic rings. The summed E-state index contributed by atoms with van der Waals surface area (Å²) in [5, 5.41) is 0.508. The van der Waals surface area contributed by atoms with Crippen molar-refractivity contribution in [3.8, 4) is 5.75 Å². The smallest absolute Gasteiger partial charge is 0.260 e. The molecule has 0 atom stereocenters. The summed E-state index contributed by atoms with van der Waals surface area (Å²) < 4.78 is 33.8. The lowest BCUT2D eigenvalue weighted by Gasteiger charge is -2.20. The van der Waals surface area contributed by atoms with Gasteiger partial charge in [0.15, 0.2) is 5.13 Å². The number of carbonyl (C=O) groups excluding carboxylic acids is 1. The number of nitrogens with zero attached hydrogens (tertiary/aromatic N) is 4. The standard InChI is InChI=1S/C27H30N4O4S2/c1-4-6-18-30(3)37(33,34)22-15-13-20(14-16-22)26(32)31(19-21-10-7-8-17-28-21)27-29-25-23(35-5-2)11-9-12-24(25)36-27/h7-17H,4-6,18-19H2,1-3H3. The Balaban J connectivity index is 1.68. The fourth-order valence-corrected chi connectivity index (χ4v) is 5.98. The van der Waals surface area contributed by atoms with Crippen LogP contribution in [0.5, 0.6) is 5.75 Å². The number of anilines is 1. The monoisotopic (exact) mass is 538 g/mol. The molecule has 8 nitrogen and oxygen atoms in total. The van der Waals surface area contributed by atoms with Gasteiger partial charge in [0.1, 0.15) is 11.3 Å². The van der Waals surface area contributed by atoms with Gasteiger partial charge in [0.05, 0.1) is 28.4 Å². The summed E-state index contributed by atoms with van der Waals surface area (Å²) in [6.07, 6.45) is 3.36. The molecule has 2 aromatic heterocycles. The molecule has 0 aliphatic rings. The molecular formula is C27H30N4O4S2. The van der Waals surface area contributed by atoms with Gasteiger partial charge in [-0.05, 0) is 61.9 Å². The van der Waals surface area contributed by atoms with E-state index in [0.29, 0.717) is 40.8 Å². The zero-order valence-electron chi connectivity index (χ0n) is 21.1. The molecule has 2 heterocycles. The molecule has 1 amide bonds. The third kappa shape index (κ3) is 5.98. The van der Waals surface area contributed by atoms with Crippen LogP contribution in [0.2, 0.25) is 0 Å². The quantitative estimate of drug-likeness (QED) is 0.255. The van der Waals surface area contributed by atoms with Gasteiger partial charge in [-0.3, -0.25) is 14.7 Å². The number of unbranched alkanes of at least 4 members (excludes halogenated alkanes) is 1. The lowest BCUT2D eigenvalue weighted by molar-refractivity contribution is 0.0984. The average molecular weight is 539 g/mol. The number of carbonyl (C=O) groups is 1. The molecule has 4 rings (SSSR count). The number of aromatic nitrogens is 2. The second kappa shape index (κ2) is 11.8. The number of hydrogen-bond donors (Lipinski definition) is 0. The minimum Gasteiger partial charge on any atom is -0.492 e. The van der Waals surface area contributed by atoms with Gasteiger partial charge in [-0.15, -0.1) is 0 Å². The van der Waals surface area contributed by atoms with E-state index in [4.69, 9.17) is 9.72 Å². The SMILES string of the molecule is CCCCN(C)S(=O)(=O)c1ccc(C(=O)N(Cc2ccccn2)c2nc3c(OCC)cccc3s2)cc1. The van der Waals surface area contributed by atoms with Crippen molar-refractivity contribution in [2.75, 3.05) is 25.1 Å². The molecule has 2 aromatic carbocycles. The first-order chi connectivity index (χ1) is 17.8. The molecule has 0 fully saturated rings. The first-order valence-electron chi connectivity index (χ1n) is 12.2. The Morgan fingerprint density at radius 2 is 1.81 bits per heavy atom. The van der Waals surface area contributed by atoms with Crippen LogP contribution in [0.4, 0.5) is 5.13 Å². The topological polar surface area (TPSA) is 92.7 Å². The van der Waals surface area contributed by atoms with E-state index in [1.165, 1.54) is 27.8 Å². The van der Waals surface area contributed by atoms with Crippen LogP contribution in [-0.4, -0.2) is 48.8 Å². The van der Waals surface area contributed by atoms with E-state index in [0.717, 1.165) is 17.5 Å². The van der Waals surface area contributed by atoms with Crippen molar-refractivity contribution in [3.05, 3.63) is 78.1 Å². The second-order valence-corrected chi connectivity index (χ2v) is 11.5. The molecule has 194 valence electrons. The van der Waals surface area contributed by atoms with E-state index in [2.05, 4.69) is 4.98 Å². The number of thiazole rings is 1. The first-order valence-corrected chi connectivity index (χ1v) is 14.4. The molecule has 10 heteroatoms. The highest BCUT2D eigenvalue weighted by Crippen LogP contribution is 2.35. The maximum atomic E-state index is 13.7. The van der Waals surface area contributed by atoms with Crippen molar-refractivity contribution in [1.82, 2.24) is 14.3 Å². The highest BCUT2D eigenvalue weighted by molar-refractivity contribution is 7.89. The van der Waals surface area contributed by atoms with Gasteiger partial charge in [0.2, 0.25) is 10.0 Å². The van der Waals surface area contributed by atoms with Gasteiger partial charge < -0.3 is 4.74 Å². The lowest BCUT2D eigenvalue weighted by Crippen LogP contribution is -2.31. The predicted molar refractivity (Wildman–Crippen MR) is 147 cm³/mol. The Morgan fingerprint density at radius 1 is 1.03 bits per heavy atom. The molecule has 0 saturated heterocycles. The fraction of sp³-hybridized carbons (Fsp3) is 0.296. The van der Waals surface area contributed by atoms with E-state index < -0.39 is 10.0 Å². The minimum atomic E-state index is -3.63. The van der Waals surface area contributed by atoms with Crippen LogP contribution in [0.15, 0.2) is 71.8 Å². The van der Waals surface area contributed by atoms with E-state index >= 15 is 0 Å². The summed E-state index contributed by atoms with van der Waals surface area (Å²) in [7, 11) is -2.06. The van der Waals surface area contributed by atoms with Crippen LogP contribution >= 0.6 is 11.3 Å². The highest BCUT2D eigenvalue weighted by Gasteiger charge is 2.25. The first kappa shape index (κ1) is 26.7. The van der Waals surface area contributed by atoms with Crippen LogP contribution in [0.1, 0.15) is 42.7 Å². The zero-order chi connectivity index (χ0) is 26.4. The molecule has 0 spiro atoms. The Bertz CT molecular complexity index is 1460. The van der Waals surface area contributed by atoms with Crippen LogP contribution < -0.4 is 9.64 Å². The van der Waals surface area contributed by atoms with Gasteiger partial charge >= 0.3 is 0 Å². The number of amides is 1. The van der Waals surface area contributed by atoms with E-state index in [1.54, 1.807) is 30.3 Å². The van der Waals surface area contributed by atoms with Crippen molar-refractivity contribution in [3.63, 3.8) is 0 Å². The molecule has 37 heavy (non-hydrogen) atoms. The van der Waals surface area contributed by atoms with Crippen molar-refractivity contribution in [2.45, 2.75) is 38.1 Å². The summed E-state index contributed by atoms with van der Waals surface area (Å²) in [6.45, 7) is 5.09. The Morgan fingerprint density at radius 3 is 2.49 bits per heavy atom. The minimum absolute atomic E-state index is 0.153. The predicted octanol–water partition coefficient (Wildman–Crippen LogP) is 5.36. The molecule has 0 aliphatic carbocycles. The van der Waals surface area contributed by atoms with Gasteiger partial charge in [-0.2, -0.15) is 0 Å². The lowest BCUT2D eigenvalue weighted by atomic mass is 10.2. The molecule has 0 bridgehead atoms. The van der Waals surface area contributed by atoms with Crippen molar-refractivity contribution in [1.29, 1.82) is 0 Å². The Hall–Kier alpha value is -3.34. The molecule has 0 radical (unpaired) electrons. The number of ether oxygens (including phenoxy) is 1. The Labute approximate surface area is 221 Å². The number of pyridine rings is 1. The van der Waals surface area contributed by atoms with E-state index in [9.17, 15) is 13.2 Å². The van der Waals surface area contributed by atoms with Crippen LogP contribution in [0, 0.1) is 0 Å². The number of fused-ring (bicyclic) bond motifs is 1. The van der Waals surface area contributed by atoms with Crippen LogP contribution in [0.25, 0.3) is 10.2 Å². The van der Waals surface area contributed by atoms with Crippen molar-refractivity contribution < 1.29 is 17.9 Å². The summed E-state index contributed by atoms with van der Waals surface area (Å²) in [4.78, 5) is 24.6. The average Bonchev–Trinajstić information content (AvgIpc) is 3.36. The molecule has 0 N–H and O–H groups in total. The summed E-state index contributed by atoms with van der Waals surface area (Å²) in [5.41, 5.74) is 1.76. The Kier molecular flexibility index (Phi) is 8.52. The number of para-hydroxylation sites is 1. The third-order valence-corrected chi connectivity index (χ3v) is 8.74. The summed E-state index contributed by atoms with van der Waals surface area (Å²) in [6, 6.07) is 17.3. The largest absolute Gasteiger partial charge is 0.492 e. The maximum absolute atomic E-state index is 13.7. The summed E-state index contributed by atoms with van der Waals surface area (Å²) in [5.74, 6) is 0.362. The number of benzene rings is 2. The van der Waals surface area contributed by atoms with Crippen LogP contribution in [-0.2, 0) is 16.6 Å². The molecule has 0 saturated carbocycles. The number of rotatable bonds is 11.